The predicted octanol–water partition coefficient (Wildman–Crippen LogP) is 0.755. The summed E-state index contributed by atoms with van der Waals surface area (Å²) in [6.45, 7) is 3.21. The number of hydrogen-bond donors (Lipinski definition) is 0. The van der Waals surface area contributed by atoms with E-state index >= 15 is 0 Å². The van der Waals surface area contributed by atoms with Gasteiger partial charge in [-0.15, -0.1) is 5.06 Å². The molecule has 1 atom stereocenters. The summed E-state index contributed by atoms with van der Waals surface area (Å²) in [5.41, 5.74) is 0. The van der Waals surface area contributed by atoms with E-state index < -0.39 is 0 Å². The lowest BCUT2D eigenvalue weighted by Gasteiger charge is -2.21. The molecule has 0 aliphatic carbocycles. The molecule has 2 fully saturated rings. The zero-order valence-electron chi connectivity index (χ0n) is 8.23. The maximum absolute atomic E-state index is 11.6. The Balaban J connectivity index is 2.04. The summed E-state index contributed by atoms with van der Waals surface area (Å²) in [4.78, 5) is 29.4. The van der Waals surface area contributed by atoms with Gasteiger partial charge < -0.3 is 9.74 Å². The smallest absolute Gasteiger partial charge is 0.336 e. The summed E-state index contributed by atoms with van der Waals surface area (Å²) >= 11 is 0. The number of rotatable bonds is 2. The number of hydrogen-bond acceptors (Lipinski definition) is 3. The number of piperidine rings is 1. The van der Waals surface area contributed by atoms with Crippen molar-refractivity contribution in [1.29, 1.82) is 0 Å². The summed E-state index contributed by atoms with van der Waals surface area (Å²) in [7, 11) is 0. The Morgan fingerprint density at radius 2 is 2.43 bits per heavy atom. The summed E-state index contributed by atoms with van der Waals surface area (Å²) in [6, 6.07) is -0.0824. The molecule has 78 valence electrons. The van der Waals surface area contributed by atoms with Crippen molar-refractivity contribution in [3.8, 4) is 0 Å². The second-order valence-electron chi connectivity index (χ2n) is 3.67. The van der Waals surface area contributed by atoms with Crippen LogP contribution in [0.25, 0.3) is 0 Å². The molecule has 2 rings (SSSR count). The third kappa shape index (κ3) is 1.42. The van der Waals surface area contributed by atoms with Crippen LogP contribution in [0, 0.1) is 0 Å². The second-order valence-corrected chi connectivity index (χ2v) is 3.67. The Morgan fingerprint density at radius 3 is 3.07 bits per heavy atom. The highest BCUT2D eigenvalue weighted by Crippen LogP contribution is 2.25. The van der Waals surface area contributed by atoms with Gasteiger partial charge in [0.2, 0.25) is 0 Å². The zero-order chi connectivity index (χ0) is 10.1. The largest absolute Gasteiger partial charge is 0.353 e. The lowest BCUT2D eigenvalue weighted by atomic mass is 10.1. The molecule has 0 saturated carbocycles. The summed E-state index contributed by atoms with van der Waals surface area (Å²) in [5.74, 6) is -0.341. The maximum Gasteiger partial charge on any atom is 0.353 e. The van der Waals surface area contributed by atoms with Crippen molar-refractivity contribution in [2.24, 2.45) is 0 Å². The fourth-order valence-corrected chi connectivity index (χ4v) is 1.90. The van der Waals surface area contributed by atoms with E-state index in [9.17, 15) is 9.59 Å². The molecule has 2 aliphatic rings. The normalized spacial score (nSPS) is 25.5. The van der Waals surface area contributed by atoms with E-state index in [4.69, 9.17) is 4.84 Å². The van der Waals surface area contributed by atoms with Crippen LogP contribution in [0.2, 0.25) is 0 Å². The zero-order valence-corrected chi connectivity index (χ0v) is 8.23. The van der Waals surface area contributed by atoms with Crippen molar-refractivity contribution < 1.29 is 14.4 Å². The number of amides is 2. The van der Waals surface area contributed by atoms with Crippen LogP contribution in [0.4, 0.5) is 4.79 Å². The number of nitrogens with zero attached hydrogens (tertiary/aromatic N) is 2. The highest BCUT2D eigenvalue weighted by Gasteiger charge is 2.42. The molecule has 2 heterocycles. The third-order valence-corrected chi connectivity index (χ3v) is 2.68. The Hall–Kier alpha value is -1.26. The topological polar surface area (TPSA) is 49.9 Å². The van der Waals surface area contributed by atoms with Crippen molar-refractivity contribution in [1.82, 2.24) is 9.96 Å². The highest BCUT2D eigenvalue weighted by molar-refractivity contribution is 5.79. The molecule has 2 bridgehead atoms. The van der Waals surface area contributed by atoms with E-state index in [1.165, 1.54) is 5.06 Å². The Kier molecular flexibility index (Phi) is 2.31. The summed E-state index contributed by atoms with van der Waals surface area (Å²) in [5, 5.41) is 1.25. The number of carbonyl (C=O) groups is 2. The van der Waals surface area contributed by atoms with Crippen LogP contribution in [0.1, 0.15) is 26.2 Å². The van der Waals surface area contributed by atoms with Crippen molar-refractivity contribution >= 4 is 12.0 Å². The van der Waals surface area contributed by atoms with Crippen molar-refractivity contribution in [3.63, 3.8) is 0 Å². The van der Waals surface area contributed by atoms with Gasteiger partial charge in [-0.25, -0.2) is 9.59 Å². The fraction of sp³-hybridized carbons (Fsp3) is 0.778. The summed E-state index contributed by atoms with van der Waals surface area (Å²) in [6.07, 6.45) is 2.23. The van der Waals surface area contributed by atoms with Gasteiger partial charge in [-0.3, -0.25) is 0 Å². The molecule has 5 heteroatoms. The van der Waals surface area contributed by atoms with Gasteiger partial charge in [-0.05, 0) is 12.8 Å². The molecule has 0 aromatic carbocycles. The van der Waals surface area contributed by atoms with Crippen LogP contribution in [0.15, 0.2) is 0 Å². The van der Waals surface area contributed by atoms with Gasteiger partial charge >= 0.3 is 12.0 Å². The standard InChI is InChI=1S/C9H14N2O3/c1-2-8(12)14-11-7-4-3-5-10(6-7)9(11)13/h7H,2-6H2,1H3. The maximum atomic E-state index is 11.6. The van der Waals surface area contributed by atoms with Crippen molar-refractivity contribution in [2.45, 2.75) is 32.2 Å². The van der Waals surface area contributed by atoms with Crippen LogP contribution >= 0.6 is 0 Å². The first-order chi connectivity index (χ1) is 6.72. The molecule has 2 saturated heterocycles. The van der Waals surface area contributed by atoms with Gasteiger partial charge in [0.15, 0.2) is 0 Å². The number of fused-ring (bicyclic) bond motifs is 2. The van der Waals surface area contributed by atoms with Crippen LogP contribution < -0.4 is 0 Å². The molecule has 2 amide bonds. The highest BCUT2D eigenvalue weighted by atomic mass is 16.7. The quantitative estimate of drug-likeness (QED) is 0.658. The van der Waals surface area contributed by atoms with E-state index in [2.05, 4.69) is 0 Å². The van der Waals surface area contributed by atoms with Gasteiger partial charge in [0.1, 0.15) is 0 Å². The van der Waals surface area contributed by atoms with Gasteiger partial charge in [0.05, 0.1) is 6.04 Å². The molecule has 0 aromatic rings. The fourth-order valence-electron chi connectivity index (χ4n) is 1.90. The Bertz CT molecular complexity index is 267. The lowest BCUT2D eigenvalue weighted by molar-refractivity contribution is -0.180. The number of carbonyl (C=O) groups excluding carboxylic acids is 2. The number of hydroxylamine groups is 2. The van der Waals surface area contributed by atoms with Gasteiger partial charge in [-0.2, -0.15) is 0 Å². The van der Waals surface area contributed by atoms with E-state index in [-0.39, 0.29) is 18.0 Å². The molecule has 0 spiro atoms. The first-order valence-corrected chi connectivity index (χ1v) is 5.01. The van der Waals surface area contributed by atoms with Crippen LogP contribution in [-0.2, 0) is 9.63 Å². The average Bonchev–Trinajstić information content (AvgIpc) is 2.42. The molecular weight excluding hydrogens is 184 g/mol. The first-order valence-electron chi connectivity index (χ1n) is 5.01. The van der Waals surface area contributed by atoms with Gasteiger partial charge in [0.25, 0.3) is 0 Å². The van der Waals surface area contributed by atoms with Gasteiger partial charge in [0, 0.05) is 19.5 Å². The molecule has 1 unspecified atom stereocenters. The van der Waals surface area contributed by atoms with Crippen LogP contribution in [0.3, 0.4) is 0 Å². The minimum atomic E-state index is -0.341. The molecule has 2 aliphatic heterocycles. The lowest BCUT2D eigenvalue weighted by Crippen LogP contribution is -2.35. The first kappa shape index (κ1) is 9.30. The number of urea groups is 1. The van der Waals surface area contributed by atoms with Crippen LogP contribution in [0.5, 0.6) is 0 Å². The third-order valence-electron chi connectivity index (χ3n) is 2.68. The van der Waals surface area contributed by atoms with E-state index in [1.807, 2.05) is 0 Å². The molecule has 5 nitrogen and oxygen atoms in total. The molecule has 0 radical (unpaired) electrons. The predicted molar refractivity (Wildman–Crippen MR) is 48.2 cm³/mol. The second kappa shape index (κ2) is 3.48. The monoisotopic (exact) mass is 198 g/mol. The van der Waals surface area contributed by atoms with E-state index in [0.717, 1.165) is 19.4 Å². The molecular formula is C9H14N2O3. The SMILES string of the molecule is CCC(=O)ON1C(=O)N2CCCC1C2. The summed E-state index contributed by atoms with van der Waals surface area (Å²) < 4.78 is 0. The molecule has 0 N–H and O–H groups in total. The Morgan fingerprint density at radius 1 is 1.64 bits per heavy atom. The van der Waals surface area contributed by atoms with E-state index in [1.54, 1.807) is 11.8 Å². The van der Waals surface area contributed by atoms with Gasteiger partial charge in [-0.1, -0.05) is 6.92 Å². The van der Waals surface area contributed by atoms with E-state index in [0.29, 0.717) is 13.0 Å². The Labute approximate surface area is 82.6 Å². The average molecular weight is 198 g/mol. The van der Waals surface area contributed by atoms with Crippen LogP contribution in [-0.4, -0.2) is 41.1 Å². The van der Waals surface area contributed by atoms with Crippen molar-refractivity contribution in [2.75, 3.05) is 13.1 Å². The molecule has 14 heavy (non-hydrogen) atoms. The minimum Gasteiger partial charge on any atom is -0.336 e. The minimum absolute atomic E-state index is 0.0757. The van der Waals surface area contributed by atoms with Crippen molar-refractivity contribution in [3.05, 3.63) is 0 Å². The molecule has 0 aromatic heterocycles.